The van der Waals surface area contributed by atoms with E-state index in [2.05, 4.69) is 10.3 Å². The largest absolute Gasteiger partial charge is 0.385 e. The van der Waals surface area contributed by atoms with Crippen molar-refractivity contribution in [1.82, 2.24) is 4.98 Å². The van der Waals surface area contributed by atoms with E-state index in [0.29, 0.717) is 28.1 Å². The molecule has 0 amide bonds. The first kappa shape index (κ1) is 22.5. The van der Waals surface area contributed by atoms with Gasteiger partial charge in [0.1, 0.15) is 5.78 Å². The van der Waals surface area contributed by atoms with Gasteiger partial charge in [-0.05, 0) is 62.3 Å². The molecular weight excluding hydrogens is 433 g/mol. The Morgan fingerprint density at radius 3 is 2.61 bits per heavy atom. The van der Waals surface area contributed by atoms with Gasteiger partial charge in [-0.3, -0.25) is 9.78 Å². The molecule has 2 fully saturated rings. The minimum absolute atomic E-state index is 0.0391. The Labute approximate surface area is 193 Å². The van der Waals surface area contributed by atoms with Crippen LogP contribution in [0.5, 0.6) is 0 Å². The van der Waals surface area contributed by atoms with Crippen LogP contribution in [0.3, 0.4) is 0 Å². The summed E-state index contributed by atoms with van der Waals surface area (Å²) >= 11 is 13.0. The van der Waals surface area contributed by atoms with E-state index in [9.17, 15) is 4.79 Å². The number of nitrogens with one attached hydrogen (secondary N) is 1. The predicted octanol–water partition coefficient (Wildman–Crippen LogP) is 5.13. The molecule has 0 spiro atoms. The van der Waals surface area contributed by atoms with Crippen molar-refractivity contribution >= 4 is 34.7 Å². The first-order valence-electron chi connectivity index (χ1n) is 11.0. The second-order valence-electron chi connectivity index (χ2n) is 8.70. The lowest BCUT2D eigenvalue weighted by molar-refractivity contribution is -0.122. The van der Waals surface area contributed by atoms with E-state index >= 15 is 0 Å². The number of hydrogen-bond donors (Lipinski definition) is 2. The maximum atomic E-state index is 12.7. The summed E-state index contributed by atoms with van der Waals surface area (Å²) in [5, 5.41) is 4.65. The quantitative estimate of drug-likeness (QED) is 0.597. The highest BCUT2D eigenvalue weighted by Crippen LogP contribution is 2.36. The third-order valence-corrected chi connectivity index (χ3v) is 7.02. The monoisotopic (exact) mass is 461 g/mol. The number of nitrogens with zero attached hydrogens (tertiary/aromatic N) is 1. The number of pyridine rings is 1. The summed E-state index contributed by atoms with van der Waals surface area (Å²) < 4.78 is 5.44. The Kier molecular flexibility index (Phi) is 7.49. The number of ether oxygens (including phenoxy) is 1. The number of halogens is 2. The van der Waals surface area contributed by atoms with Crippen LogP contribution in [0, 0.1) is 11.8 Å². The van der Waals surface area contributed by atoms with E-state index in [0.717, 1.165) is 68.7 Å². The van der Waals surface area contributed by atoms with Crippen molar-refractivity contribution in [1.29, 1.82) is 0 Å². The van der Waals surface area contributed by atoms with Crippen LogP contribution in [0.1, 0.15) is 37.8 Å². The van der Waals surface area contributed by atoms with Gasteiger partial charge < -0.3 is 15.8 Å². The lowest BCUT2D eigenvalue weighted by Crippen LogP contribution is -2.22. The van der Waals surface area contributed by atoms with Crippen molar-refractivity contribution in [2.24, 2.45) is 17.6 Å². The molecule has 1 aliphatic heterocycles. The number of anilines is 1. The van der Waals surface area contributed by atoms with Crippen molar-refractivity contribution in [3.63, 3.8) is 0 Å². The smallest absolute Gasteiger partial charge is 0.141 e. The van der Waals surface area contributed by atoms with Gasteiger partial charge in [-0.25, -0.2) is 0 Å². The molecule has 166 valence electrons. The topological polar surface area (TPSA) is 77.2 Å². The van der Waals surface area contributed by atoms with Crippen LogP contribution in [0.2, 0.25) is 10.0 Å². The maximum Gasteiger partial charge on any atom is 0.141 e. The van der Waals surface area contributed by atoms with E-state index in [1.54, 1.807) is 6.20 Å². The van der Waals surface area contributed by atoms with Crippen LogP contribution in [0.4, 0.5) is 5.69 Å². The molecule has 0 radical (unpaired) electrons. The van der Waals surface area contributed by atoms with E-state index in [-0.39, 0.29) is 17.7 Å². The van der Waals surface area contributed by atoms with Crippen LogP contribution in [0.25, 0.3) is 11.1 Å². The van der Waals surface area contributed by atoms with Crippen LogP contribution in [0.15, 0.2) is 30.5 Å². The summed E-state index contributed by atoms with van der Waals surface area (Å²) in [7, 11) is 0. The van der Waals surface area contributed by atoms with Gasteiger partial charge in [0.15, 0.2) is 0 Å². The molecule has 4 rings (SSSR count). The number of aromatic nitrogens is 1. The molecule has 1 saturated carbocycles. The molecular formula is C24H29Cl2N3O2. The van der Waals surface area contributed by atoms with Crippen molar-refractivity contribution in [2.75, 3.05) is 25.1 Å². The molecule has 1 aliphatic carbocycles. The predicted molar refractivity (Wildman–Crippen MR) is 126 cm³/mol. The van der Waals surface area contributed by atoms with Crippen molar-refractivity contribution < 1.29 is 9.53 Å². The molecule has 1 aromatic heterocycles. The maximum absolute atomic E-state index is 12.7. The van der Waals surface area contributed by atoms with Gasteiger partial charge in [0, 0.05) is 71.9 Å². The second kappa shape index (κ2) is 10.3. The summed E-state index contributed by atoms with van der Waals surface area (Å²) in [5.41, 5.74) is 9.30. The highest BCUT2D eigenvalue weighted by molar-refractivity contribution is 6.36. The van der Waals surface area contributed by atoms with Crippen LogP contribution in [-0.4, -0.2) is 36.6 Å². The molecule has 7 heteroatoms. The van der Waals surface area contributed by atoms with Gasteiger partial charge in [0.25, 0.3) is 0 Å². The Bertz CT molecular complexity index is 931. The average Bonchev–Trinajstić information content (AvgIpc) is 3.22. The fourth-order valence-corrected chi connectivity index (χ4v) is 4.90. The SMILES string of the molecule is N[C@H]1CC[C@@H](C(=O)Cc2cc(-c3cc(NCC4CCOCC4)ccc3Cl)c(Cl)cn2)C1. The van der Waals surface area contributed by atoms with Crippen LogP contribution < -0.4 is 11.1 Å². The van der Waals surface area contributed by atoms with E-state index in [1.165, 1.54) is 0 Å². The fourth-order valence-electron chi connectivity index (χ4n) is 4.47. The normalized spacial score (nSPS) is 21.9. The molecule has 2 heterocycles. The standard InChI is InChI=1S/C24H29Cl2N3O2/c25-22-4-3-18(28-13-15-5-7-31-8-6-15)10-20(22)21-11-19(29-14-23(21)26)12-24(30)16-1-2-17(27)9-16/h3-4,10-11,14-17,28H,1-2,5-9,12-13,27H2/t16-,17+/m1/s1. The van der Waals surface area contributed by atoms with Crippen molar-refractivity contribution in [3.05, 3.63) is 46.2 Å². The number of nitrogens with two attached hydrogens (primary N) is 1. The number of Topliss-reactive ketones (excluding diaryl/α,β-unsaturated/α-hetero) is 1. The molecule has 0 unspecified atom stereocenters. The number of benzene rings is 1. The number of carbonyl (C=O) groups excluding carboxylic acids is 1. The van der Waals surface area contributed by atoms with Crippen LogP contribution in [-0.2, 0) is 16.0 Å². The number of carbonyl (C=O) groups is 1. The lowest BCUT2D eigenvalue weighted by Gasteiger charge is -2.23. The molecule has 31 heavy (non-hydrogen) atoms. The number of ketones is 1. The van der Waals surface area contributed by atoms with Crippen molar-refractivity contribution in [2.45, 2.75) is 44.6 Å². The molecule has 2 atom stereocenters. The third kappa shape index (κ3) is 5.78. The minimum atomic E-state index is 0.0391. The van der Waals surface area contributed by atoms with E-state index in [1.807, 2.05) is 24.3 Å². The van der Waals surface area contributed by atoms with Gasteiger partial charge in [-0.15, -0.1) is 0 Å². The van der Waals surface area contributed by atoms with Gasteiger partial charge in [0.2, 0.25) is 0 Å². The van der Waals surface area contributed by atoms with Crippen molar-refractivity contribution in [3.8, 4) is 11.1 Å². The number of rotatable bonds is 7. The molecule has 2 aliphatic rings. The lowest BCUT2D eigenvalue weighted by atomic mass is 9.97. The Morgan fingerprint density at radius 2 is 1.87 bits per heavy atom. The summed E-state index contributed by atoms with van der Waals surface area (Å²) in [6, 6.07) is 7.90. The summed E-state index contributed by atoms with van der Waals surface area (Å²) in [6.45, 7) is 2.57. The molecule has 1 saturated heterocycles. The average molecular weight is 462 g/mol. The fraction of sp³-hybridized carbons (Fsp3) is 0.500. The van der Waals surface area contributed by atoms with Gasteiger partial charge in [-0.1, -0.05) is 23.2 Å². The second-order valence-corrected chi connectivity index (χ2v) is 9.51. The number of hydrogen-bond acceptors (Lipinski definition) is 5. The Morgan fingerprint density at radius 1 is 1.10 bits per heavy atom. The van der Waals surface area contributed by atoms with Crippen LogP contribution >= 0.6 is 23.2 Å². The van der Waals surface area contributed by atoms with E-state index in [4.69, 9.17) is 33.7 Å². The first-order valence-corrected chi connectivity index (χ1v) is 11.8. The molecule has 1 aromatic carbocycles. The zero-order valence-electron chi connectivity index (χ0n) is 17.6. The minimum Gasteiger partial charge on any atom is -0.385 e. The Balaban J connectivity index is 1.49. The summed E-state index contributed by atoms with van der Waals surface area (Å²) in [5.74, 6) is 0.850. The first-order chi connectivity index (χ1) is 15.0. The molecule has 0 bridgehead atoms. The molecule has 2 aromatic rings. The summed E-state index contributed by atoms with van der Waals surface area (Å²) in [6.07, 6.45) is 6.61. The van der Waals surface area contributed by atoms with Gasteiger partial charge >= 0.3 is 0 Å². The zero-order valence-corrected chi connectivity index (χ0v) is 19.1. The highest BCUT2D eigenvalue weighted by Gasteiger charge is 2.28. The zero-order chi connectivity index (χ0) is 21.8. The van der Waals surface area contributed by atoms with Gasteiger partial charge in [-0.2, -0.15) is 0 Å². The summed E-state index contributed by atoms with van der Waals surface area (Å²) in [4.78, 5) is 17.1. The highest BCUT2D eigenvalue weighted by atomic mass is 35.5. The van der Waals surface area contributed by atoms with Gasteiger partial charge in [0.05, 0.1) is 5.02 Å². The van der Waals surface area contributed by atoms with E-state index < -0.39 is 0 Å². The Hall–Kier alpha value is -1.66. The molecule has 3 N–H and O–H groups in total. The third-order valence-electron chi connectivity index (χ3n) is 6.39. The molecule has 5 nitrogen and oxygen atoms in total.